The summed E-state index contributed by atoms with van der Waals surface area (Å²) in [7, 11) is -4.48. The number of aryl methyl sites for hydroxylation is 1. The number of hydrogen-bond acceptors (Lipinski definition) is 5. The van der Waals surface area contributed by atoms with Crippen LogP contribution < -0.4 is 5.73 Å². The number of phosphoric acid groups is 1. The van der Waals surface area contributed by atoms with E-state index >= 15 is 0 Å². The van der Waals surface area contributed by atoms with Gasteiger partial charge in [-0.25, -0.2) is 9.55 Å². The van der Waals surface area contributed by atoms with Gasteiger partial charge in [0.2, 0.25) is 0 Å². The number of nitrogens with zero attached hydrogens (tertiary/aromatic N) is 1. The Kier molecular flexibility index (Phi) is 4.70. The summed E-state index contributed by atoms with van der Waals surface area (Å²) in [4.78, 5) is 22.6. The van der Waals surface area contributed by atoms with Crippen LogP contribution in [-0.4, -0.2) is 21.4 Å². The van der Waals surface area contributed by atoms with Crippen LogP contribution >= 0.6 is 19.2 Å². The monoisotopic (exact) mass is 314 g/mol. The number of hydrogen-bond donors (Lipinski definition) is 3. The van der Waals surface area contributed by atoms with Crippen LogP contribution in [-0.2, 0) is 9.09 Å². The van der Waals surface area contributed by atoms with Gasteiger partial charge in [-0.2, -0.15) is 0 Å². The SMILES string of the molecule is Cc1ncsc1-c1ccc([C@@H](N)COP(=O)(O)O)cc1. The molecule has 8 heteroatoms. The predicted octanol–water partition coefficient (Wildman–Crippen LogP) is 2.23. The molecule has 6 nitrogen and oxygen atoms in total. The lowest BCUT2D eigenvalue weighted by atomic mass is 10.1. The van der Waals surface area contributed by atoms with E-state index in [-0.39, 0.29) is 6.61 Å². The molecule has 0 amide bonds. The summed E-state index contributed by atoms with van der Waals surface area (Å²) in [6, 6.07) is 6.88. The van der Waals surface area contributed by atoms with Crippen LogP contribution in [0.4, 0.5) is 0 Å². The van der Waals surface area contributed by atoms with E-state index in [2.05, 4.69) is 9.51 Å². The minimum Gasteiger partial charge on any atom is -0.322 e. The molecule has 1 aromatic carbocycles. The number of rotatable bonds is 5. The van der Waals surface area contributed by atoms with Crippen molar-refractivity contribution < 1.29 is 18.9 Å². The predicted molar refractivity (Wildman–Crippen MR) is 77.2 cm³/mol. The van der Waals surface area contributed by atoms with Crippen LogP contribution in [0.15, 0.2) is 29.8 Å². The van der Waals surface area contributed by atoms with E-state index in [1.807, 2.05) is 31.2 Å². The maximum absolute atomic E-state index is 10.6. The lowest BCUT2D eigenvalue weighted by Crippen LogP contribution is -2.16. The van der Waals surface area contributed by atoms with E-state index in [0.29, 0.717) is 0 Å². The van der Waals surface area contributed by atoms with E-state index in [1.54, 1.807) is 16.8 Å². The number of aromatic nitrogens is 1. The summed E-state index contributed by atoms with van der Waals surface area (Å²) in [5, 5.41) is 0. The Labute approximate surface area is 120 Å². The van der Waals surface area contributed by atoms with Gasteiger partial charge in [0.05, 0.1) is 28.7 Å². The molecule has 0 unspecified atom stereocenters. The lowest BCUT2D eigenvalue weighted by molar-refractivity contribution is 0.186. The van der Waals surface area contributed by atoms with Crippen molar-refractivity contribution in [1.82, 2.24) is 4.98 Å². The van der Waals surface area contributed by atoms with Crippen LogP contribution in [0.5, 0.6) is 0 Å². The first-order valence-corrected chi connectivity index (χ1v) is 8.24. The summed E-state index contributed by atoms with van der Waals surface area (Å²) in [5.74, 6) is 0. The quantitative estimate of drug-likeness (QED) is 0.731. The third-order valence-corrected chi connectivity index (χ3v) is 4.23. The first-order valence-electron chi connectivity index (χ1n) is 5.83. The number of nitrogens with two attached hydrogens (primary N) is 1. The molecule has 4 N–H and O–H groups in total. The Hall–Kier alpha value is -1.08. The maximum Gasteiger partial charge on any atom is 0.469 e. The molecule has 1 heterocycles. The first kappa shape index (κ1) is 15.3. The van der Waals surface area contributed by atoms with Gasteiger partial charge in [0, 0.05) is 0 Å². The third kappa shape index (κ3) is 3.96. The molecule has 0 aliphatic rings. The van der Waals surface area contributed by atoms with Crippen molar-refractivity contribution in [2.45, 2.75) is 13.0 Å². The van der Waals surface area contributed by atoms with Gasteiger partial charge in [0.25, 0.3) is 0 Å². The van der Waals surface area contributed by atoms with E-state index in [1.165, 1.54) is 0 Å². The highest BCUT2D eigenvalue weighted by Gasteiger charge is 2.17. The van der Waals surface area contributed by atoms with Gasteiger partial charge in [-0.05, 0) is 18.1 Å². The molecule has 1 atom stereocenters. The van der Waals surface area contributed by atoms with Crippen LogP contribution in [0.3, 0.4) is 0 Å². The van der Waals surface area contributed by atoms with Crippen LogP contribution in [0, 0.1) is 6.92 Å². The smallest absolute Gasteiger partial charge is 0.322 e. The van der Waals surface area contributed by atoms with Gasteiger partial charge < -0.3 is 15.5 Å². The molecule has 1 aromatic heterocycles. The molecule has 0 spiro atoms. The van der Waals surface area contributed by atoms with Crippen molar-refractivity contribution in [3.8, 4) is 10.4 Å². The summed E-state index contributed by atoms with van der Waals surface area (Å²) < 4.78 is 15.0. The second-order valence-electron chi connectivity index (χ2n) is 4.28. The van der Waals surface area contributed by atoms with Crippen molar-refractivity contribution in [1.29, 1.82) is 0 Å². The fourth-order valence-corrected chi connectivity index (χ4v) is 2.90. The molecule has 0 fully saturated rings. The van der Waals surface area contributed by atoms with E-state index in [4.69, 9.17) is 15.5 Å². The van der Waals surface area contributed by atoms with E-state index in [9.17, 15) is 4.57 Å². The molecule has 0 bridgehead atoms. The highest BCUT2D eigenvalue weighted by molar-refractivity contribution is 7.46. The number of benzene rings is 1. The molecule has 20 heavy (non-hydrogen) atoms. The Morgan fingerprint density at radius 1 is 1.40 bits per heavy atom. The molecular formula is C12H15N2O4PS. The molecule has 0 aliphatic carbocycles. The highest BCUT2D eigenvalue weighted by Crippen LogP contribution is 2.36. The zero-order valence-electron chi connectivity index (χ0n) is 10.8. The molecule has 2 rings (SSSR count). The topological polar surface area (TPSA) is 106 Å². The second kappa shape index (κ2) is 6.13. The van der Waals surface area contributed by atoms with Crippen molar-refractivity contribution in [3.05, 3.63) is 41.0 Å². The van der Waals surface area contributed by atoms with Crippen LogP contribution in [0.1, 0.15) is 17.3 Å². The maximum atomic E-state index is 10.6. The van der Waals surface area contributed by atoms with Crippen molar-refractivity contribution in [2.24, 2.45) is 5.73 Å². The van der Waals surface area contributed by atoms with Crippen molar-refractivity contribution >= 4 is 19.2 Å². The molecule has 2 aromatic rings. The summed E-state index contributed by atoms with van der Waals surface area (Å²) in [6.07, 6.45) is 0. The summed E-state index contributed by atoms with van der Waals surface area (Å²) in [5.41, 5.74) is 10.4. The molecule has 108 valence electrons. The molecule has 0 saturated carbocycles. The fraction of sp³-hybridized carbons (Fsp3) is 0.250. The largest absolute Gasteiger partial charge is 0.469 e. The van der Waals surface area contributed by atoms with Gasteiger partial charge in [-0.15, -0.1) is 11.3 Å². The average molecular weight is 314 g/mol. The van der Waals surface area contributed by atoms with Gasteiger partial charge >= 0.3 is 7.82 Å². The Bertz CT molecular complexity index is 623. The Balaban J connectivity index is 2.08. The summed E-state index contributed by atoms with van der Waals surface area (Å²) in [6.45, 7) is 1.71. The summed E-state index contributed by atoms with van der Waals surface area (Å²) >= 11 is 1.56. The molecule has 0 saturated heterocycles. The Morgan fingerprint density at radius 3 is 2.55 bits per heavy atom. The fourth-order valence-electron chi connectivity index (χ4n) is 1.73. The van der Waals surface area contributed by atoms with Crippen molar-refractivity contribution in [2.75, 3.05) is 6.61 Å². The Morgan fingerprint density at radius 2 is 2.05 bits per heavy atom. The molecule has 0 aliphatic heterocycles. The number of thiazole rings is 1. The zero-order valence-corrected chi connectivity index (χ0v) is 12.5. The highest BCUT2D eigenvalue weighted by atomic mass is 32.1. The minimum absolute atomic E-state index is 0.233. The van der Waals surface area contributed by atoms with E-state index < -0.39 is 13.9 Å². The number of phosphoric ester groups is 1. The average Bonchev–Trinajstić information content (AvgIpc) is 2.81. The normalized spacial score (nSPS) is 13.4. The molecular weight excluding hydrogens is 299 g/mol. The molecule has 0 radical (unpaired) electrons. The zero-order chi connectivity index (χ0) is 14.8. The van der Waals surface area contributed by atoms with E-state index in [0.717, 1.165) is 21.7 Å². The first-order chi connectivity index (χ1) is 9.37. The van der Waals surface area contributed by atoms with Gasteiger partial charge in [-0.1, -0.05) is 24.3 Å². The minimum atomic E-state index is -4.48. The standard InChI is InChI=1S/C12H15N2O4PS/c1-8-12(20-7-14-8)10-4-2-9(3-5-10)11(13)6-18-19(15,16)17/h2-5,7,11H,6,13H2,1H3,(H2,15,16,17)/t11-/m0/s1. The van der Waals surface area contributed by atoms with Gasteiger partial charge in [-0.3, -0.25) is 4.52 Å². The second-order valence-corrected chi connectivity index (χ2v) is 6.38. The van der Waals surface area contributed by atoms with Crippen molar-refractivity contribution in [3.63, 3.8) is 0 Å². The third-order valence-electron chi connectivity index (χ3n) is 2.77. The van der Waals surface area contributed by atoms with Gasteiger partial charge in [0.15, 0.2) is 0 Å². The van der Waals surface area contributed by atoms with Crippen LogP contribution in [0.25, 0.3) is 10.4 Å². The van der Waals surface area contributed by atoms with Gasteiger partial charge in [0.1, 0.15) is 0 Å². The lowest BCUT2D eigenvalue weighted by Gasteiger charge is -2.13. The van der Waals surface area contributed by atoms with Crippen LogP contribution in [0.2, 0.25) is 0 Å².